The predicted octanol–water partition coefficient (Wildman–Crippen LogP) is 5.89. The summed E-state index contributed by atoms with van der Waals surface area (Å²) in [6.45, 7) is 1.61. The normalized spacial score (nSPS) is 18.0. The van der Waals surface area contributed by atoms with E-state index in [-0.39, 0.29) is 73.8 Å². The van der Waals surface area contributed by atoms with Gasteiger partial charge in [-0.25, -0.2) is 51.6 Å². The van der Waals surface area contributed by atoms with Gasteiger partial charge in [0.05, 0.1) is 30.1 Å². The number of nitrogens with zero attached hydrogens (tertiary/aromatic N) is 10. The van der Waals surface area contributed by atoms with Crippen LogP contribution in [-0.2, 0) is 30.5 Å². The molecule has 0 unspecified atom stereocenters. The van der Waals surface area contributed by atoms with Crippen molar-refractivity contribution < 1.29 is 38.3 Å². The van der Waals surface area contributed by atoms with E-state index in [0.717, 1.165) is 50.4 Å². The van der Waals surface area contributed by atoms with Crippen molar-refractivity contribution in [3.63, 3.8) is 0 Å². The average molecular weight is 1280 g/mol. The van der Waals surface area contributed by atoms with E-state index < -0.39 is 54.2 Å². The lowest BCUT2D eigenvalue weighted by atomic mass is 9.81. The number of hydrazine groups is 2. The smallest absolute Gasteiger partial charge is 0.294 e. The molecule has 11 N–H and O–H groups in total. The van der Waals surface area contributed by atoms with E-state index in [1.807, 2.05) is 0 Å². The second kappa shape index (κ2) is 27.1. The summed E-state index contributed by atoms with van der Waals surface area (Å²) in [5.74, 6) is 8.99. The number of hydrogen-bond donors (Lipinski definition) is 8. The van der Waals surface area contributed by atoms with Crippen LogP contribution in [-0.4, -0.2) is 115 Å². The van der Waals surface area contributed by atoms with E-state index in [4.69, 9.17) is 47.1 Å². The van der Waals surface area contributed by atoms with Crippen LogP contribution in [0.25, 0.3) is 43.4 Å². The minimum atomic E-state index is -1.22. The topological polar surface area (TPSA) is 393 Å². The van der Waals surface area contributed by atoms with E-state index in [0.29, 0.717) is 103 Å². The fourth-order valence-corrected chi connectivity index (χ4v) is 14.7. The Labute approximate surface area is 513 Å². The SMILES string of the molecule is CNC(=O)C[C@H]1c2nc(c(C)s2)C(=O)N(N)c2nc(c(COC)s2)C(=O)NCC(=O)N[C@@H]([C@@H](N=O)c2ccccc2)c2nc(cs2)-c2nc(cs2)-c2nc(-c3nc(NC(=O)[C@H]4CC[C@H](C(=O)NCCN)CC4)cs3)ccc2-c2nc(cs2)C(=O)N1N. The lowest BCUT2D eigenvalue weighted by Crippen LogP contribution is -2.43. The van der Waals surface area contributed by atoms with Crippen molar-refractivity contribution in [2.45, 2.75) is 63.8 Å². The highest BCUT2D eigenvalue weighted by molar-refractivity contribution is 7.16. The lowest BCUT2D eigenvalue weighted by molar-refractivity contribution is -0.128. The molecule has 0 spiro atoms. The second-order valence-electron chi connectivity index (χ2n) is 19.5. The van der Waals surface area contributed by atoms with Crippen LogP contribution in [0, 0.1) is 23.7 Å². The van der Waals surface area contributed by atoms with Gasteiger partial charge in [0.2, 0.25) is 28.8 Å². The molecule has 33 heteroatoms. The number of hydrogen-bond acceptors (Lipinski definition) is 26. The van der Waals surface area contributed by atoms with Crippen LogP contribution >= 0.6 is 68.0 Å². The average Bonchev–Trinajstić information content (AvgIpc) is 3.58. The van der Waals surface area contributed by atoms with E-state index in [2.05, 4.69) is 41.7 Å². The lowest BCUT2D eigenvalue weighted by Gasteiger charge is -2.26. The number of fused-ring (bicyclic) bond motifs is 14. The molecule has 1 aliphatic heterocycles. The number of amides is 7. The summed E-state index contributed by atoms with van der Waals surface area (Å²) in [7, 11) is 2.81. The summed E-state index contributed by atoms with van der Waals surface area (Å²) in [5, 5.41) is 26.9. The number of pyridine rings is 1. The van der Waals surface area contributed by atoms with Crippen LogP contribution in [0.5, 0.6) is 0 Å². The van der Waals surface area contributed by atoms with Crippen molar-refractivity contribution in [3.05, 3.63) is 111 Å². The quantitative estimate of drug-likeness (QED) is 0.0379. The number of benzene rings is 1. The standard InChI is InChI=1S/C53H54N18O9S6/c1-24-38-52(78)71(56)53-68-41(34(86-53)19-80-3)45(76)59-18-37(73)66-42(39(69-79)25-7-5-4-6-8-25)50-62-31(21-83-50)48-61-30(20-82-48)40-28(46-63-32(22-81-46)51(77)70(55)33(17-36(72)57-2)49(67-38)85-24)13-14-29(60-40)47-65-35(23-84-47)64-44(75)27-11-9-26(10-12-27)43(74)58-16-15-54/h4-8,13-14,20-23,26-27,33,39,42H,9-12,15-19,54-56H2,1-3H3,(H,57,72)(H,58,74)(H,59,76)(H,64,75)(H,66,73)/t26-,27-,33-,39-,42-/m0/s1. The number of aromatic nitrogens is 7. The molecule has 7 amide bonds. The molecule has 3 atom stereocenters. The molecule has 2 aliphatic rings. The van der Waals surface area contributed by atoms with Crippen LogP contribution in [0.15, 0.2) is 69.2 Å². The molecule has 446 valence electrons. The molecule has 27 nitrogen and oxygen atoms in total. The summed E-state index contributed by atoms with van der Waals surface area (Å²) >= 11 is 6.63. The molecule has 10 bridgehead atoms. The van der Waals surface area contributed by atoms with Crippen LogP contribution in [0.4, 0.5) is 10.9 Å². The highest BCUT2D eigenvalue weighted by Crippen LogP contribution is 2.41. The highest BCUT2D eigenvalue weighted by Gasteiger charge is 2.36. The Morgan fingerprint density at radius 1 is 0.756 bits per heavy atom. The van der Waals surface area contributed by atoms with Crippen molar-refractivity contribution in [3.8, 4) is 43.4 Å². The van der Waals surface area contributed by atoms with Gasteiger partial charge in [-0.1, -0.05) is 46.8 Å². The van der Waals surface area contributed by atoms with Crippen molar-refractivity contribution in [1.82, 2.24) is 61.2 Å². The predicted molar refractivity (Wildman–Crippen MR) is 325 cm³/mol. The van der Waals surface area contributed by atoms with Gasteiger partial charge in [-0.3, -0.25) is 38.6 Å². The number of methoxy groups -OCH3 is 1. The Balaban J connectivity index is 1.03. The molecular weight excluding hydrogens is 1230 g/mol. The summed E-state index contributed by atoms with van der Waals surface area (Å²) in [5.41, 5.74) is 7.55. The highest BCUT2D eigenvalue weighted by atomic mass is 32.1. The number of ether oxygens (including phenoxy) is 1. The number of nitroso groups, excluding NO2 is 1. The number of carbonyl (C=O) groups is 7. The number of anilines is 2. The third-order valence-electron chi connectivity index (χ3n) is 13.9. The van der Waals surface area contributed by atoms with Gasteiger partial charge in [-0.2, -0.15) is 4.91 Å². The van der Waals surface area contributed by atoms with Gasteiger partial charge in [0.25, 0.3) is 17.7 Å². The molecule has 1 aliphatic carbocycles. The van der Waals surface area contributed by atoms with E-state index in [1.54, 1.807) is 65.5 Å². The maximum absolute atomic E-state index is 14.5. The summed E-state index contributed by atoms with van der Waals surface area (Å²) in [4.78, 5) is 143. The number of carbonyl (C=O) groups excluding carboxylic acids is 7. The maximum Gasteiger partial charge on any atom is 0.294 e. The van der Waals surface area contributed by atoms with Crippen molar-refractivity contribution in [2.24, 2.45) is 34.4 Å². The van der Waals surface area contributed by atoms with Gasteiger partial charge in [-0.05, 0) is 50.3 Å². The summed E-state index contributed by atoms with van der Waals surface area (Å²) < 4.78 is 5.35. The molecule has 0 saturated heterocycles. The molecule has 8 aromatic rings. The Hall–Kier alpha value is -8.12. The van der Waals surface area contributed by atoms with Crippen molar-refractivity contribution >= 4 is 120 Å². The first-order chi connectivity index (χ1) is 41.5. The third-order valence-corrected chi connectivity index (χ3v) is 19.5. The Morgan fingerprint density at radius 2 is 1.45 bits per heavy atom. The van der Waals surface area contributed by atoms with Crippen LogP contribution in [0.2, 0.25) is 0 Å². The number of nitrogens with two attached hydrogens (primary N) is 3. The fraction of sp³-hybridized carbons (Fsp3) is 0.321. The van der Waals surface area contributed by atoms with Crippen LogP contribution in [0.3, 0.4) is 0 Å². The molecule has 0 radical (unpaired) electrons. The number of nitrogens with one attached hydrogen (secondary N) is 5. The molecule has 1 fully saturated rings. The number of aryl methyl sites for hydroxylation is 1. The molecule has 1 aromatic carbocycles. The van der Waals surface area contributed by atoms with Crippen molar-refractivity contribution in [1.29, 1.82) is 0 Å². The monoisotopic (exact) mass is 1280 g/mol. The van der Waals surface area contributed by atoms with Gasteiger partial charge in [0, 0.05) is 71.0 Å². The first kappa shape index (κ1) is 61.0. The van der Waals surface area contributed by atoms with Crippen molar-refractivity contribution in [2.75, 3.05) is 44.1 Å². The van der Waals surface area contributed by atoms with E-state index >= 15 is 0 Å². The van der Waals surface area contributed by atoms with E-state index in [9.17, 15) is 38.5 Å². The Kier molecular flexibility index (Phi) is 19.2. The third kappa shape index (κ3) is 13.3. The first-order valence-corrected chi connectivity index (χ1v) is 31.6. The summed E-state index contributed by atoms with van der Waals surface area (Å²) in [6.07, 6.45) is 1.85. The van der Waals surface area contributed by atoms with Gasteiger partial charge in [-0.15, -0.1) is 56.7 Å². The van der Waals surface area contributed by atoms with Crippen LogP contribution in [0.1, 0.15) is 107 Å². The molecule has 1 saturated carbocycles. The largest absolute Gasteiger partial charge is 0.379 e. The summed E-state index contributed by atoms with van der Waals surface area (Å²) in [6, 6.07) is 8.56. The van der Waals surface area contributed by atoms with Gasteiger partial charge in [0.15, 0.2) is 0 Å². The molecule has 86 heavy (non-hydrogen) atoms. The Morgan fingerprint density at radius 3 is 2.19 bits per heavy atom. The Bertz CT molecular complexity index is 3850. The zero-order valence-electron chi connectivity index (χ0n) is 45.9. The maximum atomic E-state index is 14.5. The molecule has 8 heterocycles. The van der Waals surface area contributed by atoms with Gasteiger partial charge >= 0.3 is 0 Å². The first-order valence-electron chi connectivity index (χ1n) is 26.5. The zero-order chi connectivity index (χ0) is 60.8. The molecule has 7 aromatic heterocycles. The van der Waals surface area contributed by atoms with Crippen LogP contribution < -0.4 is 49.0 Å². The fourth-order valence-electron chi connectivity index (χ4n) is 9.48. The number of rotatable bonds is 13. The minimum Gasteiger partial charge on any atom is -0.379 e. The van der Waals surface area contributed by atoms with Gasteiger partial charge in [0.1, 0.15) is 83.1 Å². The minimum absolute atomic E-state index is 0.0555. The van der Waals surface area contributed by atoms with Gasteiger partial charge < -0.3 is 37.1 Å². The zero-order valence-corrected chi connectivity index (χ0v) is 50.8. The molecular formula is C53H54N18O9S6. The number of thiazole rings is 6. The van der Waals surface area contributed by atoms with E-state index in [1.165, 1.54) is 42.2 Å². The molecule has 10 rings (SSSR count). The second-order valence-corrected chi connectivity index (χ2v) is 25.3.